The van der Waals surface area contributed by atoms with E-state index in [1.165, 1.54) is 0 Å². The van der Waals surface area contributed by atoms with E-state index < -0.39 is 37.1 Å². The van der Waals surface area contributed by atoms with Gasteiger partial charge in [0.1, 0.15) is 0 Å². The topological polar surface area (TPSA) is 36.9 Å². The van der Waals surface area contributed by atoms with Crippen LogP contribution in [-0.2, 0) is 16.5 Å². The zero-order valence-electron chi connectivity index (χ0n) is 17.2. The number of hydrogen-bond donors (Lipinski definition) is 0. The molecule has 0 N–H and O–H groups in total. The molecule has 8 heteroatoms. The Balaban J connectivity index is 3.41. The molecule has 0 amide bonds. The van der Waals surface area contributed by atoms with Crippen molar-refractivity contribution < 1.29 is 16.5 Å². The van der Waals surface area contributed by atoms with E-state index in [0.717, 1.165) is 25.7 Å². The van der Waals surface area contributed by atoms with Gasteiger partial charge in [0.2, 0.25) is 0 Å². The van der Waals surface area contributed by atoms with E-state index in [0.29, 0.717) is 22.2 Å². The smallest absolute Gasteiger partial charge is 0.326 e. The van der Waals surface area contributed by atoms with Crippen LogP contribution in [0.1, 0.15) is 81.1 Å². The molecule has 1 saturated heterocycles. The maximum Gasteiger partial charge on any atom is 0.326 e. The Bertz CT molecular complexity index is 320. The largest absolute Gasteiger partial charge is 0.425 e. The van der Waals surface area contributed by atoms with Gasteiger partial charge in [0.15, 0.2) is 0 Å². The van der Waals surface area contributed by atoms with Gasteiger partial charge in [-0.1, -0.05) is 81.1 Å². The molecular formula is C16H40O4Si4. The van der Waals surface area contributed by atoms with Crippen LogP contribution < -0.4 is 0 Å². The summed E-state index contributed by atoms with van der Waals surface area (Å²) >= 11 is 0. The standard InChI is InChI=1S/C16H40O4Si4/c1-9-13(5)23(14(6)10-2)18-21-17-22-19-24(20-23,15(7)11-3)16(8)12-4/h13-16H,9-12,21-22H2,1-8H3. The van der Waals surface area contributed by atoms with Crippen LogP contribution >= 0.6 is 0 Å². The van der Waals surface area contributed by atoms with Crippen LogP contribution in [0, 0.1) is 0 Å². The normalized spacial score (nSPS) is 36.0. The van der Waals surface area contributed by atoms with E-state index in [1.54, 1.807) is 0 Å². The molecule has 1 heterocycles. The predicted molar refractivity (Wildman–Crippen MR) is 112 cm³/mol. The van der Waals surface area contributed by atoms with Crippen LogP contribution in [0.2, 0.25) is 22.2 Å². The third-order valence-corrected chi connectivity index (χ3v) is 21.8. The zero-order valence-corrected chi connectivity index (χ0v) is 22.0. The van der Waals surface area contributed by atoms with Crippen molar-refractivity contribution in [3.05, 3.63) is 0 Å². The molecule has 0 aromatic heterocycles. The van der Waals surface area contributed by atoms with E-state index in [2.05, 4.69) is 55.4 Å². The lowest BCUT2D eigenvalue weighted by Gasteiger charge is -2.51. The van der Waals surface area contributed by atoms with E-state index >= 15 is 0 Å². The van der Waals surface area contributed by atoms with Gasteiger partial charge in [0, 0.05) is 0 Å². The summed E-state index contributed by atoms with van der Waals surface area (Å²) in [7, 11) is -6.68. The van der Waals surface area contributed by atoms with Crippen LogP contribution in [0.15, 0.2) is 0 Å². The van der Waals surface area contributed by atoms with E-state index in [9.17, 15) is 0 Å². The summed E-state index contributed by atoms with van der Waals surface area (Å²) in [5, 5.41) is 0. The van der Waals surface area contributed by atoms with Crippen molar-refractivity contribution in [1.82, 2.24) is 0 Å². The molecule has 24 heavy (non-hydrogen) atoms. The van der Waals surface area contributed by atoms with E-state index in [1.807, 2.05) is 0 Å². The van der Waals surface area contributed by atoms with Gasteiger partial charge >= 0.3 is 17.1 Å². The minimum Gasteiger partial charge on any atom is -0.425 e. The van der Waals surface area contributed by atoms with Crippen molar-refractivity contribution in [2.75, 3.05) is 0 Å². The van der Waals surface area contributed by atoms with Gasteiger partial charge in [-0.25, -0.2) is 0 Å². The first-order chi connectivity index (χ1) is 11.3. The third kappa shape index (κ3) is 4.51. The maximum atomic E-state index is 7.30. The molecule has 0 aromatic carbocycles. The van der Waals surface area contributed by atoms with Crippen LogP contribution in [0.5, 0.6) is 0 Å². The fraction of sp³-hybridized carbons (Fsp3) is 1.00. The Morgan fingerprint density at radius 3 is 1.17 bits per heavy atom. The highest BCUT2D eigenvalue weighted by Gasteiger charge is 2.58. The average molecular weight is 409 g/mol. The SMILES string of the molecule is CCC(C)[Si]1(C(C)CC)O[SiH2]O[SiH2]O[Si](C(C)CC)(C(C)CC)O1. The molecule has 4 unspecified atom stereocenters. The van der Waals surface area contributed by atoms with Crippen LogP contribution in [0.25, 0.3) is 0 Å². The van der Waals surface area contributed by atoms with Crippen molar-refractivity contribution in [1.29, 1.82) is 0 Å². The van der Waals surface area contributed by atoms with Crippen molar-refractivity contribution in [3.63, 3.8) is 0 Å². The quantitative estimate of drug-likeness (QED) is 0.565. The van der Waals surface area contributed by atoms with Crippen LogP contribution in [0.3, 0.4) is 0 Å². The molecule has 0 radical (unpaired) electrons. The Hall–Kier alpha value is 0.708. The number of rotatable bonds is 8. The minimum absolute atomic E-state index is 0.479. The van der Waals surface area contributed by atoms with Gasteiger partial charge < -0.3 is 16.5 Å². The summed E-state index contributed by atoms with van der Waals surface area (Å²) in [6.45, 7) is 18.4. The highest BCUT2D eigenvalue weighted by molar-refractivity contribution is 6.87. The van der Waals surface area contributed by atoms with Gasteiger partial charge in [0.05, 0.1) is 0 Å². The fourth-order valence-corrected chi connectivity index (χ4v) is 23.1. The predicted octanol–water partition coefficient (Wildman–Crippen LogP) is 4.15. The molecule has 1 aliphatic rings. The summed E-state index contributed by atoms with van der Waals surface area (Å²) in [5.41, 5.74) is 1.91. The second-order valence-corrected chi connectivity index (χ2v) is 19.6. The van der Waals surface area contributed by atoms with E-state index in [4.69, 9.17) is 16.5 Å². The summed E-state index contributed by atoms with van der Waals surface area (Å²) in [5.74, 6) is 0. The van der Waals surface area contributed by atoms with Crippen molar-refractivity contribution in [2.24, 2.45) is 0 Å². The molecule has 0 bridgehead atoms. The Labute approximate surface area is 157 Å². The van der Waals surface area contributed by atoms with Gasteiger partial charge in [-0.15, -0.1) is 0 Å². The van der Waals surface area contributed by atoms with Gasteiger partial charge in [-0.05, 0) is 22.2 Å². The third-order valence-electron chi connectivity index (χ3n) is 6.25. The molecule has 144 valence electrons. The van der Waals surface area contributed by atoms with Crippen molar-refractivity contribution >= 4 is 37.1 Å². The average Bonchev–Trinajstić information content (AvgIpc) is 2.59. The summed E-state index contributed by atoms with van der Waals surface area (Å²) in [6.07, 6.45) is 4.42. The molecule has 0 aliphatic carbocycles. The minimum atomic E-state index is -2.37. The Kier molecular flexibility index (Phi) is 9.62. The molecular weight excluding hydrogens is 369 g/mol. The van der Waals surface area contributed by atoms with Crippen molar-refractivity contribution in [3.8, 4) is 0 Å². The second kappa shape index (κ2) is 10.1. The molecule has 1 fully saturated rings. The first-order valence-corrected chi connectivity index (χ1v) is 16.1. The first kappa shape index (κ1) is 22.7. The zero-order chi connectivity index (χ0) is 18.4. The molecule has 4 nitrogen and oxygen atoms in total. The first-order valence-electron chi connectivity index (χ1n) is 9.90. The highest BCUT2D eigenvalue weighted by Crippen LogP contribution is 2.47. The van der Waals surface area contributed by atoms with Gasteiger partial charge in [-0.2, -0.15) is 0 Å². The monoisotopic (exact) mass is 408 g/mol. The molecule has 0 spiro atoms. The molecule has 0 aromatic rings. The van der Waals surface area contributed by atoms with Crippen molar-refractivity contribution in [2.45, 2.75) is 103 Å². The van der Waals surface area contributed by atoms with Gasteiger partial charge in [0.25, 0.3) is 20.0 Å². The summed E-state index contributed by atoms with van der Waals surface area (Å²) in [6, 6.07) is 0. The Morgan fingerprint density at radius 2 is 0.917 bits per heavy atom. The Morgan fingerprint density at radius 1 is 0.625 bits per heavy atom. The van der Waals surface area contributed by atoms with Crippen LogP contribution in [0.4, 0.5) is 0 Å². The van der Waals surface area contributed by atoms with E-state index in [-0.39, 0.29) is 0 Å². The number of hydrogen-bond acceptors (Lipinski definition) is 4. The highest BCUT2D eigenvalue weighted by atomic mass is 28.5. The maximum absolute atomic E-state index is 7.30. The molecule has 0 saturated carbocycles. The molecule has 1 aliphatic heterocycles. The van der Waals surface area contributed by atoms with Gasteiger partial charge in [-0.3, -0.25) is 0 Å². The molecule has 1 rings (SSSR count). The lowest BCUT2D eigenvalue weighted by atomic mass is 10.4. The molecule has 4 atom stereocenters. The summed E-state index contributed by atoms with van der Waals surface area (Å²) < 4.78 is 26.6. The lowest BCUT2D eigenvalue weighted by molar-refractivity contribution is 0.230. The lowest BCUT2D eigenvalue weighted by Crippen LogP contribution is -2.64. The fourth-order valence-electron chi connectivity index (χ4n) is 3.69. The summed E-state index contributed by atoms with van der Waals surface area (Å²) in [4.78, 5) is 0. The second-order valence-electron chi connectivity index (χ2n) is 7.51. The van der Waals surface area contributed by atoms with Crippen LogP contribution in [-0.4, -0.2) is 37.1 Å².